The molecule has 0 fully saturated rings. The number of alkyl halides is 3. The van der Waals surface area contributed by atoms with E-state index in [1.807, 2.05) is 0 Å². The number of anilines is 1. The third-order valence-corrected chi connectivity index (χ3v) is 5.91. The van der Waals surface area contributed by atoms with E-state index in [1.165, 1.54) is 12.3 Å². The zero-order valence-corrected chi connectivity index (χ0v) is 17.1. The fraction of sp³-hybridized carbons (Fsp3) is 0.318. The number of halogens is 3. The first kappa shape index (κ1) is 20.5. The molecule has 0 bridgehead atoms. The number of nitrogen functional groups attached to an aromatic ring is 1. The number of ether oxygens (including phenoxy) is 2. The monoisotopic (exact) mass is 444 g/mol. The second-order valence-electron chi connectivity index (χ2n) is 7.70. The first-order valence-electron chi connectivity index (χ1n) is 10.1. The summed E-state index contributed by atoms with van der Waals surface area (Å²) in [5.41, 5.74) is 8.23. The number of hydrogen-bond donors (Lipinski definition) is 1. The van der Waals surface area contributed by atoms with Crippen molar-refractivity contribution in [3.63, 3.8) is 0 Å². The minimum absolute atomic E-state index is 0.0745. The molecule has 0 aliphatic carbocycles. The number of fused-ring (bicyclic) bond motifs is 4. The number of nitrogens with zero attached hydrogens (tertiary/aromatic N) is 3. The Morgan fingerprint density at radius 1 is 1.25 bits per heavy atom. The molecule has 0 saturated carbocycles. The molecule has 1 aromatic carbocycles. The molecule has 32 heavy (non-hydrogen) atoms. The number of carbonyl (C=O) groups excluding carboxylic acids is 1. The zero-order chi connectivity index (χ0) is 22.6. The standard InChI is InChI=1S/C22H19F3N4O3/c1-2-29(18-10-32-19-5-11(22(23,24)25)3-4-12(18)19)21(30)16-6-13-14-8-31-9-15(14)20(26)28-17(13)7-27-16/h3-7,18H,2,8-10H2,1H3,(H2,26,28)/t18-/m0/s1. The minimum Gasteiger partial charge on any atom is -0.491 e. The van der Waals surface area contributed by atoms with Gasteiger partial charge in [-0.1, -0.05) is 6.07 Å². The number of carbonyl (C=O) groups is 1. The summed E-state index contributed by atoms with van der Waals surface area (Å²) in [6.45, 7) is 2.94. The molecular weight excluding hydrogens is 425 g/mol. The van der Waals surface area contributed by atoms with Crippen molar-refractivity contribution in [3.8, 4) is 5.75 Å². The van der Waals surface area contributed by atoms with Crippen LogP contribution in [0.4, 0.5) is 19.0 Å². The Kier molecular flexibility index (Phi) is 4.70. The predicted molar refractivity (Wildman–Crippen MR) is 109 cm³/mol. The fourth-order valence-corrected chi connectivity index (χ4v) is 4.27. The summed E-state index contributed by atoms with van der Waals surface area (Å²) in [5, 5.41) is 0.749. The Balaban J connectivity index is 1.49. The molecule has 1 amide bonds. The highest BCUT2D eigenvalue weighted by molar-refractivity contribution is 5.97. The quantitative estimate of drug-likeness (QED) is 0.660. The maximum absolute atomic E-state index is 13.4. The van der Waals surface area contributed by atoms with Crippen molar-refractivity contribution in [2.45, 2.75) is 32.4 Å². The van der Waals surface area contributed by atoms with Crippen LogP contribution in [0.1, 0.15) is 45.7 Å². The molecule has 10 heteroatoms. The van der Waals surface area contributed by atoms with Gasteiger partial charge in [-0.05, 0) is 30.7 Å². The summed E-state index contributed by atoms with van der Waals surface area (Å²) < 4.78 is 50.1. The third kappa shape index (κ3) is 3.22. The molecule has 4 heterocycles. The van der Waals surface area contributed by atoms with Gasteiger partial charge >= 0.3 is 6.18 Å². The van der Waals surface area contributed by atoms with Gasteiger partial charge in [-0.3, -0.25) is 4.79 Å². The number of nitrogens with two attached hydrogens (primary N) is 1. The number of hydrogen-bond acceptors (Lipinski definition) is 6. The van der Waals surface area contributed by atoms with E-state index >= 15 is 0 Å². The van der Waals surface area contributed by atoms with Crippen molar-refractivity contribution < 1.29 is 27.4 Å². The average molecular weight is 444 g/mol. The van der Waals surface area contributed by atoms with Crippen LogP contribution in [0.25, 0.3) is 10.9 Å². The number of aromatic nitrogens is 2. The lowest BCUT2D eigenvalue weighted by atomic mass is 10.0. The molecule has 0 unspecified atom stereocenters. The van der Waals surface area contributed by atoms with Gasteiger partial charge in [-0.2, -0.15) is 13.2 Å². The van der Waals surface area contributed by atoms with Crippen LogP contribution >= 0.6 is 0 Å². The van der Waals surface area contributed by atoms with Gasteiger partial charge in [0.05, 0.1) is 36.5 Å². The highest BCUT2D eigenvalue weighted by atomic mass is 19.4. The minimum atomic E-state index is -4.47. The molecule has 3 aromatic rings. The second-order valence-corrected chi connectivity index (χ2v) is 7.70. The normalized spacial score (nSPS) is 17.2. The van der Waals surface area contributed by atoms with E-state index in [1.54, 1.807) is 17.9 Å². The van der Waals surface area contributed by atoms with Crippen LogP contribution in [0.2, 0.25) is 0 Å². The van der Waals surface area contributed by atoms with Crippen LogP contribution in [-0.2, 0) is 24.1 Å². The van der Waals surface area contributed by atoms with Gasteiger partial charge in [-0.25, -0.2) is 9.97 Å². The van der Waals surface area contributed by atoms with Gasteiger partial charge in [0.15, 0.2) is 0 Å². The van der Waals surface area contributed by atoms with E-state index in [0.29, 0.717) is 36.7 Å². The first-order chi connectivity index (χ1) is 15.3. The number of likely N-dealkylation sites (N-methyl/N-ethyl adjacent to an activating group) is 1. The Labute approximate surface area is 181 Å². The van der Waals surface area contributed by atoms with E-state index in [2.05, 4.69) is 9.97 Å². The molecule has 166 valence electrons. The molecule has 7 nitrogen and oxygen atoms in total. The predicted octanol–water partition coefficient (Wildman–Crippen LogP) is 3.86. The van der Waals surface area contributed by atoms with Crippen molar-refractivity contribution >= 4 is 22.6 Å². The summed E-state index contributed by atoms with van der Waals surface area (Å²) in [7, 11) is 0. The topological polar surface area (TPSA) is 90.6 Å². The van der Waals surface area contributed by atoms with E-state index in [0.717, 1.165) is 28.6 Å². The Morgan fingerprint density at radius 2 is 2.03 bits per heavy atom. The smallest absolute Gasteiger partial charge is 0.416 e. The number of benzene rings is 1. The molecule has 0 spiro atoms. The second kappa shape index (κ2) is 7.33. The summed E-state index contributed by atoms with van der Waals surface area (Å²) in [6.07, 6.45) is -2.97. The summed E-state index contributed by atoms with van der Waals surface area (Å²) in [6, 6.07) is 4.51. The Bertz CT molecular complexity index is 1250. The van der Waals surface area contributed by atoms with Crippen LogP contribution < -0.4 is 10.5 Å². The van der Waals surface area contributed by atoms with E-state index in [4.69, 9.17) is 15.2 Å². The summed E-state index contributed by atoms with van der Waals surface area (Å²) in [4.78, 5) is 23.5. The molecule has 5 rings (SSSR count). The fourth-order valence-electron chi connectivity index (χ4n) is 4.27. The largest absolute Gasteiger partial charge is 0.491 e. The average Bonchev–Trinajstić information content (AvgIpc) is 3.41. The first-order valence-corrected chi connectivity index (χ1v) is 10.1. The molecular formula is C22H19F3N4O3. The molecule has 0 radical (unpaired) electrons. The number of amides is 1. The van der Waals surface area contributed by atoms with Crippen LogP contribution in [-0.4, -0.2) is 33.9 Å². The highest BCUT2D eigenvalue weighted by Crippen LogP contribution is 2.41. The maximum atomic E-state index is 13.4. The van der Waals surface area contributed by atoms with E-state index < -0.39 is 17.8 Å². The van der Waals surface area contributed by atoms with Gasteiger partial charge in [-0.15, -0.1) is 0 Å². The molecule has 2 aromatic heterocycles. The molecule has 2 aliphatic rings. The van der Waals surface area contributed by atoms with Crippen LogP contribution in [0.5, 0.6) is 5.75 Å². The van der Waals surface area contributed by atoms with Crippen molar-refractivity contribution in [3.05, 3.63) is 58.4 Å². The SMILES string of the molecule is CCN(C(=O)c1cc2c3c(c(N)nc2cn1)COC3)[C@H]1COc2cc(C(F)(F)F)ccc21. The van der Waals surface area contributed by atoms with Crippen molar-refractivity contribution in [1.82, 2.24) is 14.9 Å². The lowest BCUT2D eigenvalue weighted by Gasteiger charge is -2.27. The van der Waals surface area contributed by atoms with Gasteiger partial charge in [0.1, 0.15) is 23.9 Å². The lowest BCUT2D eigenvalue weighted by molar-refractivity contribution is -0.137. The molecule has 2 N–H and O–H groups in total. The summed E-state index contributed by atoms with van der Waals surface area (Å²) >= 11 is 0. The zero-order valence-electron chi connectivity index (χ0n) is 17.1. The number of pyridine rings is 2. The van der Waals surface area contributed by atoms with Crippen molar-refractivity contribution in [1.29, 1.82) is 0 Å². The van der Waals surface area contributed by atoms with Crippen LogP contribution in [0.3, 0.4) is 0 Å². The Hall–Kier alpha value is -3.40. The van der Waals surface area contributed by atoms with Crippen LogP contribution in [0.15, 0.2) is 30.5 Å². The molecule has 1 atom stereocenters. The van der Waals surface area contributed by atoms with Gasteiger partial charge in [0.2, 0.25) is 0 Å². The van der Waals surface area contributed by atoms with Crippen LogP contribution in [0, 0.1) is 0 Å². The molecule has 2 aliphatic heterocycles. The number of rotatable bonds is 3. The Morgan fingerprint density at radius 3 is 2.78 bits per heavy atom. The highest BCUT2D eigenvalue weighted by Gasteiger charge is 2.37. The van der Waals surface area contributed by atoms with Gasteiger partial charge in [0, 0.05) is 23.1 Å². The maximum Gasteiger partial charge on any atom is 0.416 e. The van der Waals surface area contributed by atoms with E-state index in [9.17, 15) is 18.0 Å². The van der Waals surface area contributed by atoms with Crippen molar-refractivity contribution in [2.24, 2.45) is 0 Å². The summed E-state index contributed by atoms with van der Waals surface area (Å²) in [5.74, 6) is 0.177. The molecule has 0 saturated heterocycles. The van der Waals surface area contributed by atoms with E-state index in [-0.39, 0.29) is 24.0 Å². The lowest BCUT2D eigenvalue weighted by Crippen LogP contribution is -2.36. The third-order valence-electron chi connectivity index (χ3n) is 5.91. The van der Waals surface area contributed by atoms with Gasteiger partial charge < -0.3 is 20.1 Å². The van der Waals surface area contributed by atoms with Crippen molar-refractivity contribution in [2.75, 3.05) is 18.9 Å². The van der Waals surface area contributed by atoms with Gasteiger partial charge in [0.25, 0.3) is 5.91 Å².